The van der Waals surface area contributed by atoms with Crippen molar-refractivity contribution in [2.45, 2.75) is 38.8 Å². The second kappa shape index (κ2) is 3.56. The first-order chi connectivity index (χ1) is 5.69. The Morgan fingerprint density at radius 1 is 1.00 bits per heavy atom. The topological polar surface area (TPSA) is 58.2 Å². The Kier molecular flexibility index (Phi) is 2.68. The molecule has 1 aliphatic heterocycles. The maximum absolute atomic E-state index is 11.2. The van der Waals surface area contributed by atoms with Gasteiger partial charge in [-0.15, -0.1) is 0 Å². The molecule has 0 bridgehead atoms. The van der Waals surface area contributed by atoms with Crippen LogP contribution in [0.1, 0.15) is 26.7 Å². The van der Waals surface area contributed by atoms with E-state index in [2.05, 4.69) is 10.6 Å². The van der Waals surface area contributed by atoms with Crippen LogP contribution in [0.4, 0.5) is 0 Å². The minimum Gasteiger partial charge on any atom is -0.343 e. The molecule has 0 spiro atoms. The van der Waals surface area contributed by atoms with Crippen molar-refractivity contribution in [3.05, 3.63) is 0 Å². The predicted molar refractivity (Wildman–Crippen MR) is 44.4 cm³/mol. The molecule has 0 aromatic carbocycles. The van der Waals surface area contributed by atoms with Gasteiger partial charge in [0.25, 0.3) is 0 Å². The highest BCUT2D eigenvalue weighted by Crippen LogP contribution is 2.02. The molecule has 4 nitrogen and oxygen atoms in total. The van der Waals surface area contributed by atoms with Crippen LogP contribution in [-0.2, 0) is 9.59 Å². The normalized spacial score (nSPS) is 29.5. The van der Waals surface area contributed by atoms with Gasteiger partial charge >= 0.3 is 0 Å². The van der Waals surface area contributed by atoms with Gasteiger partial charge in [0.15, 0.2) is 0 Å². The minimum absolute atomic E-state index is 0.0658. The minimum atomic E-state index is -0.333. The van der Waals surface area contributed by atoms with Crippen LogP contribution in [0.3, 0.4) is 0 Å². The molecule has 0 saturated carbocycles. The van der Waals surface area contributed by atoms with Gasteiger partial charge in [-0.1, -0.05) is 13.8 Å². The maximum atomic E-state index is 11.2. The zero-order valence-electron chi connectivity index (χ0n) is 7.39. The molecule has 2 amide bonds. The third-order valence-electron chi connectivity index (χ3n) is 2.08. The molecule has 1 heterocycles. The maximum Gasteiger partial charge on any atom is 0.243 e. The fraction of sp³-hybridized carbons (Fsp3) is 0.750. The number of nitrogens with one attached hydrogen (secondary N) is 2. The third kappa shape index (κ3) is 1.57. The van der Waals surface area contributed by atoms with Crippen LogP contribution in [0.25, 0.3) is 0 Å². The molecule has 0 aliphatic carbocycles. The van der Waals surface area contributed by atoms with Crippen molar-refractivity contribution >= 4 is 11.8 Å². The lowest BCUT2D eigenvalue weighted by Crippen LogP contribution is -2.61. The van der Waals surface area contributed by atoms with E-state index in [9.17, 15) is 9.59 Å². The lowest BCUT2D eigenvalue weighted by Gasteiger charge is -2.28. The Hall–Kier alpha value is -1.06. The van der Waals surface area contributed by atoms with Crippen molar-refractivity contribution in [3.8, 4) is 0 Å². The van der Waals surface area contributed by atoms with Crippen LogP contribution in [-0.4, -0.2) is 23.9 Å². The number of rotatable bonds is 2. The lowest BCUT2D eigenvalue weighted by atomic mass is 10.1. The van der Waals surface area contributed by atoms with E-state index in [0.717, 1.165) is 0 Å². The third-order valence-corrected chi connectivity index (χ3v) is 2.08. The van der Waals surface area contributed by atoms with Gasteiger partial charge in [0.1, 0.15) is 12.1 Å². The summed E-state index contributed by atoms with van der Waals surface area (Å²) in [6.07, 6.45) is 1.29. The van der Waals surface area contributed by atoms with Crippen LogP contribution >= 0.6 is 0 Å². The van der Waals surface area contributed by atoms with Gasteiger partial charge in [0.05, 0.1) is 0 Å². The van der Waals surface area contributed by atoms with Gasteiger partial charge in [-0.3, -0.25) is 9.59 Å². The van der Waals surface area contributed by atoms with Crippen LogP contribution in [0, 0.1) is 0 Å². The summed E-state index contributed by atoms with van der Waals surface area (Å²) >= 11 is 0. The van der Waals surface area contributed by atoms with E-state index in [-0.39, 0.29) is 23.9 Å². The van der Waals surface area contributed by atoms with Crippen molar-refractivity contribution in [2.24, 2.45) is 0 Å². The molecule has 1 aliphatic rings. The van der Waals surface area contributed by atoms with E-state index in [4.69, 9.17) is 0 Å². The quantitative estimate of drug-likeness (QED) is 0.602. The first-order valence-corrected chi connectivity index (χ1v) is 4.29. The standard InChI is InChI=1S/C8H14N2O2/c1-3-5-7(11)10-6(4-2)8(12)9-5/h5-6H,3-4H2,1-2H3,(H,9,12)(H,10,11)/t5-,6+. The largest absolute Gasteiger partial charge is 0.343 e. The Bertz CT molecular complexity index is 181. The summed E-state index contributed by atoms with van der Waals surface area (Å²) in [7, 11) is 0. The average Bonchev–Trinajstić information content (AvgIpc) is 2.08. The first kappa shape index (κ1) is 9.03. The Labute approximate surface area is 71.7 Å². The SMILES string of the molecule is CC[C@@H]1NC(=O)[C@@H](CC)NC1=O. The average molecular weight is 170 g/mol. The lowest BCUT2D eigenvalue weighted by molar-refractivity contribution is -0.136. The van der Waals surface area contributed by atoms with Gasteiger partial charge in [0, 0.05) is 0 Å². The monoisotopic (exact) mass is 170 g/mol. The molecule has 12 heavy (non-hydrogen) atoms. The van der Waals surface area contributed by atoms with Crippen molar-refractivity contribution < 1.29 is 9.59 Å². The van der Waals surface area contributed by atoms with Gasteiger partial charge in [0.2, 0.25) is 11.8 Å². The zero-order valence-corrected chi connectivity index (χ0v) is 7.39. The fourth-order valence-corrected chi connectivity index (χ4v) is 1.25. The van der Waals surface area contributed by atoms with Gasteiger partial charge < -0.3 is 10.6 Å². The number of carbonyl (C=O) groups is 2. The van der Waals surface area contributed by atoms with E-state index in [1.165, 1.54) is 0 Å². The van der Waals surface area contributed by atoms with Crippen LogP contribution in [0.5, 0.6) is 0 Å². The molecule has 2 N–H and O–H groups in total. The summed E-state index contributed by atoms with van der Waals surface area (Å²) in [5.74, 6) is -0.132. The van der Waals surface area contributed by atoms with Crippen molar-refractivity contribution in [1.29, 1.82) is 0 Å². The smallest absolute Gasteiger partial charge is 0.243 e. The van der Waals surface area contributed by atoms with Gasteiger partial charge in [-0.05, 0) is 12.8 Å². The van der Waals surface area contributed by atoms with E-state index < -0.39 is 0 Å². The summed E-state index contributed by atoms with van der Waals surface area (Å²) in [5, 5.41) is 5.33. The molecule has 4 heteroatoms. The number of piperazine rings is 1. The summed E-state index contributed by atoms with van der Waals surface area (Å²) in [5.41, 5.74) is 0. The first-order valence-electron chi connectivity index (χ1n) is 4.29. The Morgan fingerprint density at radius 3 is 1.58 bits per heavy atom. The highest BCUT2D eigenvalue weighted by molar-refractivity contribution is 5.96. The van der Waals surface area contributed by atoms with Crippen LogP contribution in [0.15, 0.2) is 0 Å². The summed E-state index contributed by atoms with van der Waals surface area (Å²) in [6.45, 7) is 3.74. The second-order valence-electron chi connectivity index (χ2n) is 2.94. The molecule has 68 valence electrons. The van der Waals surface area contributed by atoms with E-state index in [0.29, 0.717) is 12.8 Å². The number of hydrogen-bond acceptors (Lipinski definition) is 2. The summed E-state index contributed by atoms with van der Waals surface area (Å²) < 4.78 is 0. The molecule has 2 atom stereocenters. The second-order valence-corrected chi connectivity index (χ2v) is 2.94. The number of hydrogen-bond donors (Lipinski definition) is 2. The molecule has 1 rings (SSSR count). The number of carbonyl (C=O) groups excluding carboxylic acids is 2. The van der Waals surface area contributed by atoms with E-state index >= 15 is 0 Å². The number of amides is 2. The molecular weight excluding hydrogens is 156 g/mol. The summed E-state index contributed by atoms with van der Waals surface area (Å²) in [4.78, 5) is 22.4. The predicted octanol–water partition coefficient (Wildman–Crippen LogP) is -0.210. The fourth-order valence-electron chi connectivity index (χ4n) is 1.25. The van der Waals surface area contributed by atoms with Gasteiger partial charge in [-0.2, -0.15) is 0 Å². The molecule has 0 aromatic heterocycles. The highest BCUT2D eigenvalue weighted by atomic mass is 16.2. The molecule has 0 aromatic rings. The zero-order chi connectivity index (χ0) is 9.14. The van der Waals surface area contributed by atoms with E-state index in [1.807, 2.05) is 13.8 Å². The van der Waals surface area contributed by atoms with Crippen molar-refractivity contribution in [2.75, 3.05) is 0 Å². The molecule has 1 fully saturated rings. The Balaban J connectivity index is 2.61. The van der Waals surface area contributed by atoms with Gasteiger partial charge in [-0.25, -0.2) is 0 Å². The van der Waals surface area contributed by atoms with E-state index in [1.54, 1.807) is 0 Å². The molecular formula is C8H14N2O2. The van der Waals surface area contributed by atoms with Crippen molar-refractivity contribution in [1.82, 2.24) is 10.6 Å². The van der Waals surface area contributed by atoms with Crippen LogP contribution in [0.2, 0.25) is 0 Å². The van der Waals surface area contributed by atoms with Crippen LogP contribution < -0.4 is 10.6 Å². The molecule has 1 saturated heterocycles. The molecule has 0 radical (unpaired) electrons. The highest BCUT2D eigenvalue weighted by Gasteiger charge is 2.30. The Morgan fingerprint density at radius 2 is 1.33 bits per heavy atom. The van der Waals surface area contributed by atoms with Crippen molar-refractivity contribution in [3.63, 3.8) is 0 Å². The summed E-state index contributed by atoms with van der Waals surface area (Å²) in [6, 6.07) is -0.666. The molecule has 0 unspecified atom stereocenters.